The lowest BCUT2D eigenvalue weighted by atomic mass is 10.1. The normalized spacial score (nSPS) is 14.2. The molecule has 0 atom stereocenters. The third-order valence-electron chi connectivity index (χ3n) is 5.44. The van der Waals surface area contributed by atoms with Gasteiger partial charge in [0.15, 0.2) is 0 Å². The van der Waals surface area contributed by atoms with E-state index in [4.69, 9.17) is 16.2 Å². The third kappa shape index (κ3) is 7.47. The van der Waals surface area contributed by atoms with Crippen LogP contribution in [-0.4, -0.2) is 66.1 Å². The van der Waals surface area contributed by atoms with Gasteiger partial charge in [0, 0.05) is 43.1 Å². The van der Waals surface area contributed by atoms with Crippen LogP contribution in [0.4, 0.5) is 16.2 Å². The van der Waals surface area contributed by atoms with Crippen molar-refractivity contribution in [1.29, 1.82) is 0 Å². The maximum atomic E-state index is 12.3. The van der Waals surface area contributed by atoms with E-state index < -0.39 is 6.03 Å². The molecule has 3 amide bonds. The molecule has 10 heteroatoms. The number of unbranched alkanes of at least 4 members (excludes halogenated alkanes) is 3. The average Bonchev–Trinajstić information content (AvgIpc) is 3.20. The van der Waals surface area contributed by atoms with Gasteiger partial charge in [0.2, 0.25) is 0 Å². The molecular weight excluding hydrogens is 428 g/mol. The number of aromatic nitrogens is 1. The van der Waals surface area contributed by atoms with E-state index in [1.54, 1.807) is 34.0 Å². The van der Waals surface area contributed by atoms with Gasteiger partial charge in [-0.05, 0) is 31.0 Å². The summed E-state index contributed by atoms with van der Waals surface area (Å²) in [6, 6.07) is 2.97. The Balaban J connectivity index is 1.39. The van der Waals surface area contributed by atoms with Gasteiger partial charge < -0.3 is 26.4 Å². The molecule has 0 bridgehead atoms. The first-order valence-electron chi connectivity index (χ1n) is 11.0. The van der Waals surface area contributed by atoms with Crippen LogP contribution in [0.2, 0.25) is 0 Å². The Kier molecular flexibility index (Phi) is 9.27. The molecule has 0 radical (unpaired) electrons. The number of carbonyl (C=O) groups excluding carboxylic acids is 2. The van der Waals surface area contributed by atoms with Crippen LogP contribution in [0.15, 0.2) is 29.1 Å². The minimum absolute atomic E-state index is 0.283. The van der Waals surface area contributed by atoms with Crippen molar-refractivity contribution >= 4 is 34.6 Å². The van der Waals surface area contributed by atoms with E-state index in [1.807, 2.05) is 0 Å². The lowest BCUT2D eigenvalue weighted by Crippen LogP contribution is -2.37. The highest BCUT2D eigenvalue weighted by molar-refractivity contribution is 7.09. The van der Waals surface area contributed by atoms with Gasteiger partial charge in [-0.2, -0.15) is 0 Å². The molecule has 3 rings (SSSR count). The zero-order chi connectivity index (χ0) is 22.8. The lowest BCUT2D eigenvalue weighted by molar-refractivity contribution is 0.0371. The molecule has 0 saturated carbocycles. The summed E-state index contributed by atoms with van der Waals surface area (Å²) in [4.78, 5) is 32.4. The summed E-state index contributed by atoms with van der Waals surface area (Å²) in [6.45, 7) is 5.78. The van der Waals surface area contributed by atoms with Crippen molar-refractivity contribution in [2.24, 2.45) is 5.73 Å². The molecule has 32 heavy (non-hydrogen) atoms. The van der Waals surface area contributed by atoms with Gasteiger partial charge in [-0.25, -0.2) is 4.79 Å². The highest BCUT2D eigenvalue weighted by atomic mass is 32.1. The number of hydrogen-bond acceptors (Lipinski definition) is 7. The fraction of sp³-hybridized carbons (Fsp3) is 0.500. The van der Waals surface area contributed by atoms with Crippen molar-refractivity contribution in [2.45, 2.75) is 32.2 Å². The predicted molar refractivity (Wildman–Crippen MR) is 127 cm³/mol. The van der Waals surface area contributed by atoms with E-state index in [0.29, 0.717) is 24.5 Å². The Labute approximate surface area is 192 Å². The summed E-state index contributed by atoms with van der Waals surface area (Å²) in [5.41, 5.74) is 13.6. The highest BCUT2D eigenvalue weighted by Crippen LogP contribution is 2.23. The molecule has 1 saturated heterocycles. The van der Waals surface area contributed by atoms with Crippen LogP contribution in [0.1, 0.15) is 41.7 Å². The van der Waals surface area contributed by atoms with Gasteiger partial charge >= 0.3 is 6.03 Å². The number of urea groups is 1. The largest absolute Gasteiger partial charge is 0.396 e. The molecule has 5 N–H and O–H groups in total. The number of nitrogen functional groups attached to an aromatic ring is 1. The number of anilines is 2. The van der Waals surface area contributed by atoms with Crippen molar-refractivity contribution in [1.82, 2.24) is 14.8 Å². The van der Waals surface area contributed by atoms with Crippen LogP contribution in [-0.2, 0) is 11.3 Å². The Morgan fingerprint density at radius 3 is 2.59 bits per heavy atom. The molecule has 0 aromatic carbocycles. The molecule has 1 aliphatic rings. The summed E-state index contributed by atoms with van der Waals surface area (Å²) in [5, 5.41) is 6.27. The quantitative estimate of drug-likeness (QED) is 0.443. The van der Waals surface area contributed by atoms with Crippen LogP contribution < -0.4 is 16.8 Å². The number of nitrogens with one attached hydrogen (secondary N) is 1. The molecule has 1 fully saturated rings. The number of thiophene rings is 1. The van der Waals surface area contributed by atoms with E-state index in [9.17, 15) is 9.59 Å². The summed E-state index contributed by atoms with van der Waals surface area (Å²) >= 11 is 1.42. The van der Waals surface area contributed by atoms with Crippen molar-refractivity contribution in [3.8, 4) is 0 Å². The number of amides is 3. The Hall–Kier alpha value is -2.69. The van der Waals surface area contributed by atoms with E-state index >= 15 is 0 Å². The molecular formula is C22H32N6O3S. The molecule has 3 heterocycles. The van der Waals surface area contributed by atoms with Crippen LogP contribution in [0, 0.1) is 0 Å². The highest BCUT2D eigenvalue weighted by Gasteiger charge is 2.14. The number of morpholine rings is 1. The topological polar surface area (TPSA) is 127 Å². The van der Waals surface area contributed by atoms with Gasteiger partial charge in [0.05, 0.1) is 24.6 Å². The lowest BCUT2D eigenvalue weighted by Gasteiger charge is -2.26. The Morgan fingerprint density at radius 2 is 1.94 bits per heavy atom. The van der Waals surface area contributed by atoms with Crippen LogP contribution in [0.3, 0.4) is 0 Å². The molecule has 2 aromatic rings. The Bertz CT molecular complexity index is 867. The molecule has 9 nitrogen and oxygen atoms in total. The summed E-state index contributed by atoms with van der Waals surface area (Å²) < 4.78 is 5.37. The van der Waals surface area contributed by atoms with Gasteiger partial charge in [0.1, 0.15) is 5.69 Å². The van der Waals surface area contributed by atoms with Crippen molar-refractivity contribution in [2.75, 3.05) is 50.4 Å². The fourth-order valence-electron chi connectivity index (χ4n) is 3.55. The number of nitrogens with zero attached hydrogens (tertiary/aromatic N) is 3. The van der Waals surface area contributed by atoms with Gasteiger partial charge in [-0.3, -0.25) is 14.7 Å². The SMILES string of the molecule is NC(=O)N(CCCCCCN1CCOCC1)Cc1ccc(C(=O)Nc2cscc2N)nc1. The van der Waals surface area contributed by atoms with Crippen molar-refractivity contribution in [3.63, 3.8) is 0 Å². The second-order valence-electron chi connectivity index (χ2n) is 7.87. The molecule has 2 aromatic heterocycles. The molecule has 1 aliphatic heterocycles. The zero-order valence-electron chi connectivity index (χ0n) is 18.3. The number of nitrogens with two attached hydrogens (primary N) is 2. The maximum absolute atomic E-state index is 12.3. The molecule has 0 unspecified atom stereocenters. The number of hydrogen-bond donors (Lipinski definition) is 3. The van der Waals surface area contributed by atoms with Gasteiger partial charge in [-0.15, -0.1) is 11.3 Å². The minimum Gasteiger partial charge on any atom is -0.396 e. The van der Waals surface area contributed by atoms with E-state index in [-0.39, 0.29) is 11.6 Å². The van der Waals surface area contributed by atoms with Crippen molar-refractivity contribution < 1.29 is 14.3 Å². The molecule has 0 aliphatic carbocycles. The standard InChI is InChI=1S/C22H32N6O3S/c23-18-15-32-16-20(18)26-21(29)19-6-5-17(13-25-19)14-28(22(24)30)8-4-2-1-3-7-27-9-11-31-12-10-27/h5-6,13,15-16H,1-4,7-12,14,23H2,(H2,24,30)(H,26,29). The smallest absolute Gasteiger partial charge is 0.315 e. The van der Waals surface area contributed by atoms with Gasteiger partial charge in [-0.1, -0.05) is 18.9 Å². The molecule has 174 valence electrons. The average molecular weight is 461 g/mol. The first kappa shape index (κ1) is 24.0. The van der Waals surface area contributed by atoms with Crippen LogP contribution in [0.25, 0.3) is 0 Å². The van der Waals surface area contributed by atoms with Crippen molar-refractivity contribution in [3.05, 3.63) is 40.3 Å². The minimum atomic E-state index is -0.451. The number of ether oxygens (including phenoxy) is 1. The second kappa shape index (κ2) is 12.4. The van der Waals surface area contributed by atoms with E-state index in [0.717, 1.165) is 64.1 Å². The summed E-state index contributed by atoms with van der Waals surface area (Å²) in [7, 11) is 0. The fourth-order valence-corrected chi connectivity index (χ4v) is 4.22. The predicted octanol–water partition coefficient (Wildman–Crippen LogP) is 2.75. The monoisotopic (exact) mass is 460 g/mol. The first-order chi connectivity index (χ1) is 15.5. The number of carbonyl (C=O) groups is 2. The number of pyridine rings is 1. The maximum Gasteiger partial charge on any atom is 0.315 e. The van der Waals surface area contributed by atoms with Crippen LogP contribution in [0.5, 0.6) is 0 Å². The first-order valence-corrected chi connectivity index (χ1v) is 11.9. The third-order valence-corrected chi connectivity index (χ3v) is 6.20. The van der Waals surface area contributed by atoms with Gasteiger partial charge in [0.25, 0.3) is 5.91 Å². The zero-order valence-corrected chi connectivity index (χ0v) is 19.1. The van der Waals surface area contributed by atoms with E-state index in [2.05, 4.69) is 15.2 Å². The Morgan fingerprint density at radius 1 is 1.16 bits per heavy atom. The molecule has 0 spiro atoms. The number of rotatable bonds is 11. The van der Waals surface area contributed by atoms with E-state index in [1.165, 1.54) is 11.3 Å². The summed E-state index contributed by atoms with van der Waals surface area (Å²) in [6.07, 6.45) is 5.84. The second-order valence-corrected chi connectivity index (χ2v) is 8.62. The van der Waals surface area contributed by atoms with Crippen LogP contribution >= 0.6 is 11.3 Å². The summed E-state index contributed by atoms with van der Waals surface area (Å²) in [5.74, 6) is -0.328. The number of primary amides is 1.